The molecule has 0 saturated carbocycles. The van der Waals surface area contributed by atoms with E-state index in [9.17, 15) is 4.79 Å². The Kier molecular flexibility index (Phi) is 7.41. The molecule has 1 saturated heterocycles. The summed E-state index contributed by atoms with van der Waals surface area (Å²) >= 11 is 0. The SMILES string of the molecule is CCCOc1cccc(C(=O)N[C@H]2CCCNC2)c1.Cl. The highest BCUT2D eigenvalue weighted by Gasteiger charge is 2.16. The average molecular weight is 299 g/mol. The lowest BCUT2D eigenvalue weighted by atomic mass is 10.1. The number of nitrogens with one attached hydrogen (secondary N) is 2. The van der Waals surface area contributed by atoms with Crippen molar-refractivity contribution in [3.63, 3.8) is 0 Å². The fourth-order valence-electron chi connectivity index (χ4n) is 2.19. The molecule has 0 bridgehead atoms. The van der Waals surface area contributed by atoms with Crippen LogP contribution in [0.2, 0.25) is 0 Å². The van der Waals surface area contributed by atoms with E-state index in [0.29, 0.717) is 12.2 Å². The summed E-state index contributed by atoms with van der Waals surface area (Å²) in [7, 11) is 0. The minimum Gasteiger partial charge on any atom is -0.494 e. The molecule has 1 aromatic rings. The standard InChI is InChI=1S/C15H22N2O2.ClH/c1-2-9-19-14-7-3-5-12(10-14)15(18)17-13-6-4-8-16-11-13;/h3,5,7,10,13,16H,2,4,6,8-9,11H2,1H3,(H,17,18);1H/t13-;/m0./s1. The second kappa shape index (κ2) is 8.82. The summed E-state index contributed by atoms with van der Waals surface area (Å²) in [6, 6.07) is 7.61. The number of piperidine rings is 1. The maximum Gasteiger partial charge on any atom is 0.251 e. The van der Waals surface area contributed by atoms with Crippen molar-refractivity contribution < 1.29 is 9.53 Å². The number of halogens is 1. The number of carbonyl (C=O) groups is 1. The second-order valence-corrected chi connectivity index (χ2v) is 4.89. The molecule has 112 valence electrons. The molecular formula is C15H23ClN2O2. The van der Waals surface area contributed by atoms with Crippen molar-refractivity contribution in [1.29, 1.82) is 0 Å². The van der Waals surface area contributed by atoms with Crippen LogP contribution in [0.5, 0.6) is 5.75 Å². The predicted molar refractivity (Wildman–Crippen MR) is 82.8 cm³/mol. The van der Waals surface area contributed by atoms with Gasteiger partial charge in [-0.25, -0.2) is 0 Å². The highest BCUT2D eigenvalue weighted by atomic mass is 35.5. The number of benzene rings is 1. The molecular weight excluding hydrogens is 276 g/mol. The zero-order valence-corrected chi connectivity index (χ0v) is 12.7. The van der Waals surface area contributed by atoms with Crippen molar-refractivity contribution in [2.45, 2.75) is 32.2 Å². The quantitative estimate of drug-likeness (QED) is 0.877. The Morgan fingerprint density at radius 3 is 3.05 bits per heavy atom. The van der Waals surface area contributed by atoms with Gasteiger partial charge in [-0.2, -0.15) is 0 Å². The van der Waals surface area contributed by atoms with E-state index >= 15 is 0 Å². The smallest absolute Gasteiger partial charge is 0.251 e. The van der Waals surface area contributed by atoms with Crippen LogP contribution in [-0.2, 0) is 0 Å². The second-order valence-electron chi connectivity index (χ2n) is 4.89. The van der Waals surface area contributed by atoms with E-state index in [2.05, 4.69) is 17.6 Å². The van der Waals surface area contributed by atoms with Gasteiger partial charge in [0, 0.05) is 18.2 Å². The predicted octanol–water partition coefficient (Wildman–Crippen LogP) is 2.38. The first-order valence-electron chi connectivity index (χ1n) is 7.04. The van der Waals surface area contributed by atoms with Crippen molar-refractivity contribution in [3.05, 3.63) is 29.8 Å². The Labute approximate surface area is 126 Å². The van der Waals surface area contributed by atoms with Gasteiger partial charge < -0.3 is 15.4 Å². The minimum atomic E-state index is -0.0179. The molecule has 4 nitrogen and oxygen atoms in total. The van der Waals surface area contributed by atoms with Crippen molar-refractivity contribution >= 4 is 18.3 Å². The number of ether oxygens (including phenoxy) is 1. The van der Waals surface area contributed by atoms with Crippen LogP contribution in [0.3, 0.4) is 0 Å². The lowest BCUT2D eigenvalue weighted by Crippen LogP contribution is -2.45. The molecule has 0 unspecified atom stereocenters. The van der Waals surface area contributed by atoms with Crippen molar-refractivity contribution in [1.82, 2.24) is 10.6 Å². The lowest BCUT2D eigenvalue weighted by molar-refractivity contribution is 0.0930. The molecule has 1 atom stereocenters. The van der Waals surface area contributed by atoms with Gasteiger partial charge in [-0.15, -0.1) is 12.4 Å². The summed E-state index contributed by atoms with van der Waals surface area (Å²) < 4.78 is 5.54. The highest BCUT2D eigenvalue weighted by molar-refractivity contribution is 5.94. The minimum absolute atomic E-state index is 0. The number of carbonyl (C=O) groups excluding carboxylic acids is 1. The molecule has 0 aromatic heterocycles. The third-order valence-corrected chi connectivity index (χ3v) is 3.20. The molecule has 1 aliphatic heterocycles. The van der Waals surface area contributed by atoms with Crippen LogP contribution >= 0.6 is 12.4 Å². The van der Waals surface area contributed by atoms with Crippen LogP contribution in [0, 0.1) is 0 Å². The van der Waals surface area contributed by atoms with Gasteiger partial charge in [-0.05, 0) is 44.0 Å². The first kappa shape index (κ1) is 16.8. The first-order chi connectivity index (χ1) is 9.29. The van der Waals surface area contributed by atoms with Gasteiger partial charge in [0.25, 0.3) is 5.91 Å². The zero-order chi connectivity index (χ0) is 13.5. The Hall–Kier alpha value is -1.26. The molecule has 2 N–H and O–H groups in total. The van der Waals surface area contributed by atoms with Crippen molar-refractivity contribution in [3.8, 4) is 5.75 Å². The van der Waals surface area contributed by atoms with Crippen LogP contribution in [-0.4, -0.2) is 31.6 Å². The summed E-state index contributed by atoms with van der Waals surface area (Å²) in [6.07, 6.45) is 3.12. The molecule has 20 heavy (non-hydrogen) atoms. The molecule has 0 spiro atoms. The molecule has 2 rings (SSSR count). The van der Waals surface area contributed by atoms with Gasteiger partial charge in [-0.1, -0.05) is 13.0 Å². The molecule has 0 radical (unpaired) electrons. The highest BCUT2D eigenvalue weighted by Crippen LogP contribution is 2.14. The fraction of sp³-hybridized carbons (Fsp3) is 0.533. The van der Waals surface area contributed by atoms with Gasteiger partial charge in [0.05, 0.1) is 6.61 Å². The van der Waals surface area contributed by atoms with Crippen LogP contribution in [0.4, 0.5) is 0 Å². The Morgan fingerprint density at radius 1 is 1.50 bits per heavy atom. The molecule has 1 heterocycles. The third-order valence-electron chi connectivity index (χ3n) is 3.20. The monoisotopic (exact) mass is 298 g/mol. The zero-order valence-electron chi connectivity index (χ0n) is 11.9. The summed E-state index contributed by atoms with van der Waals surface area (Å²) in [4.78, 5) is 12.1. The fourth-order valence-corrected chi connectivity index (χ4v) is 2.19. The maximum absolute atomic E-state index is 12.1. The van der Waals surface area contributed by atoms with Crippen molar-refractivity contribution in [2.24, 2.45) is 0 Å². The first-order valence-corrected chi connectivity index (χ1v) is 7.04. The van der Waals surface area contributed by atoms with Gasteiger partial charge in [0.1, 0.15) is 5.75 Å². The van der Waals surface area contributed by atoms with E-state index in [1.165, 1.54) is 0 Å². The summed E-state index contributed by atoms with van der Waals surface area (Å²) in [5, 5.41) is 6.35. The summed E-state index contributed by atoms with van der Waals surface area (Å²) in [5.41, 5.74) is 0.666. The van der Waals surface area contributed by atoms with E-state index in [4.69, 9.17) is 4.74 Å². The summed E-state index contributed by atoms with van der Waals surface area (Å²) in [6.45, 7) is 4.65. The van der Waals surface area contributed by atoms with Gasteiger partial charge in [0.2, 0.25) is 0 Å². The molecule has 1 aliphatic rings. The van der Waals surface area contributed by atoms with E-state index in [1.54, 1.807) is 6.07 Å². The number of rotatable bonds is 5. The summed E-state index contributed by atoms with van der Waals surface area (Å²) in [5.74, 6) is 0.743. The van der Waals surface area contributed by atoms with Crippen LogP contribution in [0.15, 0.2) is 24.3 Å². The number of hydrogen-bond acceptors (Lipinski definition) is 3. The van der Waals surface area contributed by atoms with Crippen LogP contribution < -0.4 is 15.4 Å². The van der Waals surface area contributed by atoms with Gasteiger partial charge in [-0.3, -0.25) is 4.79 Å². The molecule has 1 aromatic carbocycles. The van der Waals surface area contributed by atoms with E-state index in [1.807, 2.05) is 18.2 Å². The number of amides is 1. The number of hydrogen-bond donors (Lipinski definition) is 2. The lowest BCUT2D eigenvalue weighted by Gasteiger charge is -2.23. The Bertz CT molecular complexity index is 420. The molecule has 5 heteroatoms. The van der Waals surface area contributed by atoms with Gasteiger partial charge in [0.15, 0.2) is 0 Å². The van der Waals surface area contributed by atoms with Crippen molar-refractivity contribution in [2.75, 3.05) is 19.7 Å². The topological polar surface area (TPSA) is 50.4 Å². The van der Waals surface area contributed by atoms with E-state index < -0.39 is 0 Å². The molecule has 1 fully saturated rings. The molecule has 0 aliphatic carbocycles. The molecule has 1 amide bonds. The van der Waals surface area contributed by atoms with E-state index in [0.717, 1.165) is 38.1 Å². The van der Waals surface area contributed by atoms with Gasteiger partial charge >= 0.3 is 0 Å². The normalized spacial score (nSPS) is 17.9. The largest absolute Gasteiger partial charge is 0.494 e. The third kappa shape index (κ3) is 5.02. The average Bonchev–Trinajstić information content (AvgIpc) is 2.46. The maximum atomic E-state index is 12.1. The van der Waals surface area contributed by atoms with E-state index in [-0.39, 0.29) is 24.4 Å². The van der Waals surface area contributed by atoms with Crippen LogP contribution in [0.25, 0.3) is 0 Å². The Balaban J connectivity index is 0.00000200. The Morgan fingerprint density at radius 2 is 2.35 bits per heavy atom. The van der Waals surface area contributed by atoms with Crippen LogP contribution in [0.1, 0.15) is 36.5 Å².